The molecule has 0 fully saturated rings. The van der Waals surface area contributed by atoms with E-state index in [2.05, 4.69) is 36.8 Å². The number of halogens is 1. The molecule has 0 spiro atoms. The summed E-state index contributed by atoms with van der Waals surface area (Å²) in [5.74, 6) is -1.31. The predicted octanol–water partition coefficient (Wildman–Crippen LogP) is 0.682. The van der Waals surface area contributed by atoms with Crippen LogP contribution in [0.4, 0.5) is 0 Å². The Bertz CT molecular complexity index is 698. The van der Waals surface area contributed by atoms with Crippen molar-refractivity contribution in [3.05, 3.63) is 46.7 Å². The van der Waals surface area contributed by atoms with E-state index < -0.39 is 11.9 Å². The van der Waals surface area contributed by atoms with Gasteiger partial charge in [-0.3, -0.25) is 4.79 Å². The molecule has 1 aromatic carbocycles. The van der Waals surface area contributed by atoms with Crippen molar-refractivity contribution in [2.24, 2.45) is 0 Å². The number of nitrogens with one attached hydrogen (secondary N) is 1. The maximum Gasteiger partial charge on any atom is 0.328 e. The van der Waals surface area contributed by atoms with E-state index >= 15 is 0 Å². The molecule has 0 saturated carbocycles. The van der Waals surface area contributed by atoms with Gasteiger partial charge in [0.2, 0.25) is 5.91 Å². The van der Waals surface area contributed by atoms with Crippen LogP contribution in [0.25, 0.3) is 5.69 Å². The molecule has 21 heavy (non-hydrogen) atoms. The number of tetrazole rings is 1. The van der Waals surface area contributed by atoms with E-state index in [-0.39, 0.29) is 6.54 Å². The Balaban J connectivity index is 2.08. The van der Waals surface area contributed by atoms with E-state index in [9.17, 15) is 9.59 Å². The number of carboxylic acid groups (broad SMARTS) is 1. The van der Waals surface area contributed by atoms with Crippen LogP contribution in [-0.2, 0) is 16.1 Å². The number of benzene rings is 1. The summed E-state index contributed by atoms with van der Waals surface area (Å²) in [6.07, 6.45) is 1.68. The van der Waals surface area contributed by atoms with Crippen molar-refractivity contribution in [2.75, 3.05) is 0 Å². The first-order valence-corrected chi connectivity index (χ1v) is 6.57. The van der Waals surface area contributed by atoms with Crippen LogP contribution in [0.1, 0.15) is 5.82 Å². The average Bonchev–Trinajstić information content (AvgIpc) is 2.91. The second-order valence-electron chi connectivity index (χ2n) is 3.88. The predicted molar refractivity (Wildman–Crippen MR) is 75.5 cm³/mol. The highest BCUT2D eigenvalue weighted by Crippen LogP contribution is 2.15. The highest BCUT2D eigenvalue weighted by Gasteiger charge is 2.09. The number of hydrogen-bond acceptors (Lipinski definition) is 5. The Hall–Kier alpha value is -2.55. The lowest BCUT2D eigenvalue weighted by Crippen LogP contribution is -2.23. The van der Waals surface area contributed by atoms with Gasteiger partial charge in [-0.1, -0.05) is 22.0 Å². The van der Waals surface area contributed by atoms with Crippen LogP contribution >= 0.6 is 15.9 Å². The first-order chi connectivity index (χ1) is 10.1. The molecule has 0 aliphatic rings. The number of hydrogen-bond donors (Lipinski definition) is 2. The minimum absolute atomic E-state index is 0.0717. The molecule has 9 heteroatoms. The molecule has 1 aromatic heterocycles. The summed E-state index contributed by atoms with van der Waals surface area (Å²) < 4.78 is 2.35. The van der Waals surface area contributed by atoms with Crippen molar-refractivity contribution in [3.63, 3.8) is 0 Å². The molecule has 108 valence electrons. The summed E-state index contributed by atoms with van der Waals surface area (Å²) in [6, 6.07) is 7.34. The third kappa shape index (κ3) is 4.21. The summed E-state index contributed by atoms with van der Waals surface area (Å²) in [6.45, 7) is 0.0717. The van der Waals surface area contributed by atoms with Gasteiger partial charge in [0.15, 0.2) is 5.82 Å². The molecule has 0 radical (unpaired) electrons. The summed E-state index contributed by atoms with van der Waals surface area (Å²) in [5, 5.41) is 22.2. The number of carboxylic acids is 1. The first kappa shape index (κ1) is 14.9. The Kier molecular flexibility index (Phi) is 4.77. The topological polar surface area (TPSA) is 110 Å². The molecular formula is C12H10BrN5O3. The van der Waals surface area contributed by atoms with E-state index in [0.717, 1.165) is 22.3 Å². The monoisotopic (exact) mass is 351 g/mol. The lowest BCUT2D eigenvalue weighted by Gasteiger charge is -2.05. The molecule has 2 aromatic rings. The first-order valence-electron chi connectivity index (χ1n) is 5.78. The minimum Gasteiger partial charge on any atom is -0.478 e. The van der Waals surface area contributed by atoms with Crippen molar-refractivity contribution in [1.29, 1.82) is 0 Å². The minimum atomic E-state index is -1.19. The average molecular weight is 352 g/mol. The zero-order valence-electron chi connectivity index (χ0n) is 10.6. The second-order valence-corrected chi connectivity index (χ2v) is 4.79. The van der Waals surface area contributed by atoms with Crippen LogP contribution in [0.2, 0.25) is 0 Å². The van der Waals surface area contributed by atoms with Gasteiger partial charge in [0.05, 0.1) is 12.2 Å². The van der Waals surface area contributed by atoms with Crippen molar-refractivity contribution in [1.82, 2.24) is 25.5 Å². The molecule has 0 atom stereocenters. The Morgan fingerprint density at radius 2 is 2.19 bits per heavy atom. The van der Waals surface area contributed by atoms with Crippen LogP contribution in [0.3, 0.4) is 0 Å². The number of rotatable bonds is 5. The smallest absolute Gasteiger partial charge is 0.328 e. The lowest BCUT2D eigenvalue weighted by atomic mass is 10.3. The largest absolute Gasteiger partial charge is 0.478 e. The van der Waals surface area contributed by atoms with Crippen molar-refractivity contribution >= 4 is 27.8 Å². The maximum atomic E-state index is 11.4. The zero-order valence-corrected chi connectivity index (χ0v) is 12.2. The lowest BCUT2D eigenvalue weighted by molar-refractivity contribution is -0.131. The molecule has 1 amide bonds. The molecule has 0 saturated heterocycles. The van der Waals surface area contributed by atoms with Gasteiger partial charge in [-0.25, -0.2) is 4.79 Å². The molecule has 0 bridgehead atoms. The number of aliphatic carboxylic acids is 1. The number of amides is 1. The van der Waals surface area contributed by atoms with Gasteiger partial charge in [-0.2, -0.15) is 4.68 Å². The number of aromatic nitrogens is 4. The molecule has 1 heterocycles. The summed E-state index contributed by atoms with van der Waals surface area (Å²) >= 11 is 3.35. The summed E-state index contributed by atoms with van der Waals surface area (Å²) in [5.41, 5.74) is 0.736. The molecular weight excluding hydrogens is 342 g/mol. The molecule has 0 aliphatic heterocycles. The van der Waals surface area contributed by atoms with Gasteiger partial charge in [0.1, 0.15) is 0 Å². The van der Waals surface area contributed by atoms with E-state index in [1.54, 1.807) is 0 Å². The maximum absolute atomic E-state index is 11.4. The van der Waals surface area contributed by atoms with E-state index in [1.807, 2.05) is 24.3 Å². The third-order valence-corrected chi connectivity index (χ3v) is 2.88. The van der Waals surface area contributed by atoms with E-state index in [4.69, 9.17) is 5.11 Å². The van der Waals surface area contributed by atoms with E-state index in [0.29, 0.717) is 5.82 Å². The number of carbonyl (C=O) groups excluding carboxylic acids is 1. The van der Waals surface area contributed by atoms with Crippen molar-refractivity contribution < 1.29 is 14.7 Å². The highest BCUT2D eigenvalue weighted by atomic mass is 79.9. The normalized spacial score (nSPS) is 10.7. The summed E-state index contributed by atoms with van der Waals surface area (Å²) in [7, 11) is 0. The van der Waals surface area contributed by atoms with Gasteiger partial charge < -0.3 is 10.4 Å². The Labute approximate surface area is 127 Å². The molecule has 0 unspecified atom stereocenters. The van der Waals surface area contributed by atoms with Gasteiger partial charge in [-0.05, 0) is 28.6 Å². The standard InChI is InChI=1S/C12H10BrN5O3/c13-8-2-1-3-9(6-8)18-10(15-16-17-18)7-14-11(19)4-5-12(20)21/h1-6H,7H2,(H,14,19)(H,20,21)/b5-4+. The van der Waals surface area contributed by atoms with Crippen LogP contribution < -0.4 is 5.32 Å². The fourth-order valence-electron chi connectivity index (χ4n) is 1.50. The summed E-state index contributed by atoms with van der Waals surface area (Å²) in [4.78, 5) is 21.7. The van der Waals surface area contributed by atoms with Crippen LogP contribution in [0, 0.1) is 0 Å². The van der Waals surface area contributed by atoms with Crippen molar-refractivity contribution in [2.45, 2.75) is 6.54 Å². The second kappa shape index (κ2) is 6.75. The van der Waals surface area contributed by atoms with Gasteiger partial charge in [0, 0.05) is 16.6 Å². The SMILES string of the molecule is O=C(O)/C=C/C(=O)NCc1nnnn1-c1cccc(Br)c1. The van der Waals surface area contributed by atoms with Gasteiger partial charge in [0.25, 0.3) is 0 Å². The highest BCUT2D eigenvalue weighted by molar-refractivity contribution is 9.10. The van der Waals surface area contributed by atoms with Crippen molar-refractivity contribution in [3.8, 4) is 5.69 Å². The van der Waals surface area contributed by atoms with Crippen LogP contribution in [0.5, 0.6) is 0 Å². The third-order valence-electron chi connectivity index (χ3n) is 2.38. The Morgan fingerprint density at radius 3 is 2.90 bits per heavy atom. The quantitative estimate of drug-likeness (QED) is 0.766. The Morgan fingerprint density at radius 1 is 1.38 bits per heavy atom. The number of nitrogens with zero attached hydrogens (tertiary/aromatic N) is 4. The number of carbonyl (C=O) groups is 2. The molecule has 2 N–H and O–H groups in total. The fourth-order valence-corrected chi connectivity index (χ4v) is 1.88. The van der Waals surface area contributed by atoms with Gasteiger partial charge >= 0.3 is 5.97 Å². The molecule has 0 aliphatic carbocycles. The van der Waals surface area contributed by atoms with E-state index in [1.165, 1.54) is 4.68 Å². The van der Waals surface area contributed by atoms with Crippen LogP contribution in [0.15, 0.2) is 40.9 Å². The van der Waals surface area contributed by atoms with Crippen LogP contribution in [-0.4, -0.2) is 37.2 Å². The molecule has 2 rings (SSSR count). The fraction of sp³-hybridized carbons (Fsp3) is 0.0833. The zero-order chi connectivity index (χ0) is 15.2. The molecule has 8 nitrogen and oxygen atoms in total. The van der Waals surface area contributed by atoms with Gasteiger partial charge in [-0.15, -0.1) is 5.10 Å².